The first-order chi connectivity index (χ1) is 16.4. The number of benzene rings is 3. The van der Waals surface area contributed by atoms with Crippen molar-refractivity contribution in [2.45, 2.75) is 6.61 Å². The first-order valence-electron chi connectivity index (χ1n) is 10.1. The second kappa shape index (κ2) is 8.27. The molecule has 0 saturated carbocycles. The van der Waals surface area contributed by atoms with Crippen LogP contribution in [0.1, 0.15) is 15.9 Å². The van der Waals surface area contributed by atoms with Gasteiger partial charge < -0.3 is 4.74 Å². The normalized spacial score (nSPS) is 14.9. The minimum absolute atomic E-state index is 0.0241. The van der Waals surface area contributed by atoms with Crippen molar-refractivity contribution < 1.29 is 27.1 Å². The zero-order valence-electron chi connectivity index (χ0n) is 17.5. The van der Waals surface area contributed by atoms with E-state index < -0.39 is 28.5 Å². The van der Waals surface area contributed by atoms with Gasteiger partial charge in [0, 0.05) is 11.6 Å². The van der Waals surface area contributed by atoms with Crippen LogP contribution in [0.15, 0.2) is 67.0 Å². The molecule has 3 aromatic carbocycles. The number of hydrogen-bond acceptors (Lipinski definition) is 6. The van der Waals surface area contributed by atoms with Crippen LogP contribution in [-0.4, -0.2) is 36.9 Å². The summed E-state index contributed by atoms with van der Waals surface area (Å²) in [6, 6.07) is 15.4. The van der Waals surface area contributed by atoms with Gasteiger partial charge in [0.2, 0.25) is 0 Å². The number of carbonyl (C=O) groups is 2. The fourth-order valence-electron chi connectivity index (χ4n) is 3.71. The van der Waals surface area contributed by atoms with Gasteiger partial charge in [0.05, 0.1) is 17.4 Å². The molecule has 1 fully saturated rings. The number of aromatic nitrogens is 2. The van der Waals surface area contributed by atoms with E-state index in [4.69, 9.17) is 4.74 Å². The molecular formula is C23H17FN4O5S. The van der Waals surface area contributed by atoms with Gasteiger partial charge in [-0.05, 0) is 29.1 Å². The molecule has 2 heterocycles. The third-order valence-corrected chi connectivity index (χ3v) is 6.69. The van der Waals surface area contributed by atoms with Crippen molar-refractivity contribution in [3.05, 3.63) is 83.9 Å². The van der Waals surface area contributed by atoms with E-state index in [9.17, 15) is 18.0 Å². The van der Waals surface area contributed by atoms with Crippen molar-refractivity contribution in [3.63, 3.8) is 0 Å². The first kappa shape index (κ1) is 21.6. The third-order valence-electron chi connectivity index (χ3n) is 5.31. The molecule has 0 bridgehead atoms. The predicted octanol–water partition coefficient (Wildman–Crippen LogP) is 2.74. The summed E-state index contributed by atoms with van der Waals surface area (Å²) in [5.41, 5.74) is 1.24. The van der Waals surface area contributed by atoms with E-state index in [0.29, 0.717) is 27.2 Å². The minimum Gasteiger partial charge on any atom is -0.487 e. The molecule has 11 heteroatoms. The maximum Gasteiger partial charge on any atom is 0.326 e. The highest BCUT2D eigenvalue weighted by Gasteiger charge is 2.38. The molecule has 0 radical (unpaired) electrons. The zero-order valence-corrected chi connectivity index (χ0v) is 18.3. The molecule has 9 nitrogen and oxygen atoms in total. The van der Waals surface area contributed by atoms with Crippen molar-refractivity contribution in [3.8, 4) is 11.4 Å². The van der Waals surface area contributed by atoms with E-state index >= 15 is 4.39 Å². The standard InChI is InChI=1S/C23H17FN4O5S/c24-22-19-9-18(27-11-16(13-29)10-25-27)7-6-17(19)8-20(33-14-15-4-2-1-3-5-15)23(22)28-12-21(30)26-34(28,31)32/h1-11,13H,12,14H2,(H,26,30). The molecule has 1 aliphatic heterocycles. The fraction of sp³-hybridized carbons (Fsp3) is 0.0870. The smallest absolute Gasteiger partial charge is 0.326 e. The highest BCUT2D eigenvalue weighted by Crippen LogP contribution is 2.40. The Hall–Kier alpha value is -4.25. The van der Waals surface area contributed by atoms with Crippen LogP contribution in [0.25, 0.3) is 16.5 Å². The Morgan fingerprint density at radius 3 is 2.62 bits per heavy atom. The van der Waals surface area contributed by atoms with Crippen LogP contribution in [0.4, 0.5) is 10.1 Å². The molecule has 1 saturated heterocycles. The van der Waals surface area contributed by atoms with Crippen LogP contribution >= 0.6 is 0 Å². The van der Waals surface area contributed by atoms with Gasteiger partial charge in [-0.1, -0.05) is 36.4 Å². The van der Waals surface area contributed by atoms with Crippen molar-refractivity contribution in [1.82, 2.24) is 14.5 Å². The van der Waals surface area contributed by atoms with Crippen LogP contribution in [0.3, 0.4) is 0 Å². The van der Waals surface area contributed by atoms with Gasteiger partial charge in [-0.15, -0.1) is 0 Å². The van der Waals surface area contributed by atoms with Gasteiger partial charge in [0.1, 0.15) is 24.6 Å². The minimum atomic E-state index is -4.29. The summed E-state index contributed by atoms with van der Waals surface area (Å²) in [6.45, 7) is -0.512. The van der Waals surface area contributed by atoms with Crippen LogP contribution < -0.4 is 13.8 Å². The summed E-state index contributed by atoms with van der Waals surface area (Å²) in [5, 5.41) is 4.63. The van der Waals surface area contributed by atoms with Crippen molar-refractivity contribution in [1.29, 1.82) is 0 Å². The van der Waals surface area contributed by atoms with Gasteiger partial charge in [-0.25, -0.2) is 18.1 Å². The van der Waals surface area contributed by atoms with E-state index in [-0.39, 0.29) is 23.4 Å². The lowest BCUT2D eigenvalue weighted by Gasteiger charge is -2.21. The summed E-state index contributed by atoms with van der Waals surface area (Å²) in [7, 11) is -4.29. The molecule has 1 N–H and O–H groups in total. The molecule has 1 amide bonds. The lowest BCUT2D eigenvalue weighted by molar-refractivity contribution is -0.117. The summed E-state index contributed by atoms with van der Waals surface area (Å²) in [6.07, 6.45) is 3.49. The molecule has 1 aromatic heterocycles. The number of halogens is 1. The Balaban J connectivity index is 1.65. The van der Waals surface area contributed by atoms with Gasteiger partial charge >= 0.3 is 10.2 Å². The Morgan fingerprint density at radius 1 is 1.15 bits per heavy atom. The number of nitrogens with zero attached hydrogens (tertiary/aromatic N) is 3. The molecule has 5 rings (SSSR count). The van der Waals surface area contributed by atoms with Gasteiger partial charge in [0.25, 0.3) is 5.91 Å². The number of aldehydes is 1. The Morgan fingerprint density at radius 2 is 1.94 bits per heavy atom. The van der Waals surface area contributed by atoms with E-state index in [1.807, 2.05) is 35.1 Å². The molecule has 0 aliphatic carbocycles. The molecule has 0 spiro atoms. The Kier molecular flexibility index (Phi) is 5.25. The number of fused-ring (bicyclic) bond motifs is 1. The summed E-state index contributed by atoms with van der Waals surface area (Å²) >= 11 is 0. The zero-order chi connectivity index (χ0) is 23.9. The van der Waals surface area contributed by atoms with Crippen LogP contribution in [-0.2, 0) is 21.6 Å². The average Bonchev–Trinajstić information content (AvgIpc) is 3.41. The second-order valence-corrected chi connectivity index (χ2v) is 9.19. The van der Waals surface area contributed by atoms with Gasteiger partial charge in [0.15, 0.2) is 12.1 Å². The van der Waals surface area contributed by atoms with Gasteiger partial charge in [-0.3, -0.25) is 9.59 Å². The SMILES string of the molecule is O=Cc1cnn(-c2ccc3cc(OCc4ccccc4)c(N4CC(=O)NS4(=O)=O)c(F)c3c2)c1. The maximum atomic E-state index is 15.9. The molecular weight excluding hydrogens is 463 g/mol. The quantitative estimate of drug-likeness (QED) is 0.425. The third kappa shape index (κ3) is 3.86. The van der Waals surface area contributed by atoms with E-state index in [1.165, 1.54) is 29.2 Å². The number of rotatable bonds is 6. The fourth-order valence-corrected chi connectivity index (χ4v) is 4.87. The number of nitrogens with one attached hydrogen (secondary N) is 1. The van der Waals surface area contributed by atoms with Gasteiger partial charge in [-0.2, -0.15) is 13.5 Å². The first-order valence-corrected chi connectivity index (χ1v) is 11.6. The van der Waals surface area contributed by atoms with Crippen molar-refractivity contribution in [2.24, 2.45) is 0 Å². The molecule has 172 valence electrons. The number of carbonyl (C=O) groups excluding carboxylic acids is 2. The molecule has 0 atom stereocenters. The Bertz CT molecular complexity index is 1540. The molecule has 0 unspecified atom stereocenters. The van der Waals surface area contributed by atoms with Crippen molar-refractivity contribution in [2.75, 3.05) is 10.8 Å². The van der Waals surface area contributed by atoms with Crippen LogP contribution in [0, 0.1) is 5.82 Å². The summed E-state index contributed by atoms with van der Waals surface area (Å²) < 4.78 is 50.8. The lowest BCUT2D eigenvalue weighted by Crippen LogP contribution is -2.30. The Labute approximate surface area is 193 Å². The largest absolute Gasteiger partial charge is 0.487 e. The highest BCUT2D eigenvalue weighted by atomic mass is 32.2. The van der Waals surface area contributed by atoms with Crippen LogP contribution in [0.2, 0.25) is 0 Å². The van der Waals surface area contributed by atoms with E-state index in [2.05, 4.69) is 5.10 Å². The number of ether oxygens (including phenoxy) is 1. The average molecular weight is 480 g/mol. The maximum absolute atomic E-state index is 15.9. The van der Waals surface area contributed by atoms with E-state index in [1.54, 1.807) is 12.1 Å². The monoisotopic (exact) mass is 480 g/mol. The van der Waals surface area contributed by atoms with Crippen LogP contribution in [0.5, 0.6) is 5.75 Å². The van der Waals surface area contributed by atoms with Crippen molar-refractivity contribution >= 4 is 38.9 Å². The number of amides is 1. The number of anilines is 1. The summed E-state index contributed by atoms with van der Waals surface area (Å²) in [4.78, 5) is 22.8. The highest BCUT2D eigenvalue weighted by molar-refractivity contribution is 7.92. The molecule has 34 heavy (non-hydrogen) atoms. The summed E-state index contributed by atoms with van der Waals surface area (Å²) in [5.74, 6) is -1.67. The van der Waals surface area contributed by atoms with E-state index in [0.717, 1.165) is 5.56 Å². The molecule has 4 aromatic rings. The molecule has 1 aliphatic rings. The second-order valence-electron chi connectivity index (χ2n) is 7.59. The number of hydrogen-bond donors (Lipinski definition) is 1. The topological polar surface area (TPSA) is 111 Å². The predicted molar refractivity (Wildman–Crippen MR) is 122 cm³/mol. The lowest BCUT2D eigenvalue weighted by atomic mass is 10.1.